The molecule has 3 N–H and O–H groups in total. The fourth-order valence-corrected chi connectivity index (χ4v) is 0.997. The van der Waals surface area contributed by atoms with Crippen molar-refractivity contribution in [3.63, 3.8) is 0 Å². The molecule has 11 heavy (non-hydrogen) atoms. The number of nitrogens with one attached hydrogen (secondary N) is 2. The van der Waals surface area contributed by atoms with Gasteiger partial charge in [-0.3, -0.25) is 14.4 Å². The van der Waals surface area contributed by atoms with Crippen molar-refractivity contribution in [1.29, 1.82) is 10.2 Å². The quantitative estimate of drug-likeness (QED) is 0.534. The first-order valence-corrected chi connectivity index (χ1v) is 4.98. The summed E-state index contributed by atoms with van der Waals surface area (Å²) in [6.07, 6.45) is 1.12. The van der Waals surface area contributed by atoms with Gasteiger partial charge in [0.15, 0.2) is 0 Å². The molecule has 0 aromatic carbocycles. The number of carbonyl (C=O) groups is 1. The molecule has 0 saturated carbocycles. The molecule has 0 radical (unpaired) electrons. The van der Waals surface area contributed by atoms with E-state index in [1.807, 2.05) is 0 Å². The summed E-state index contributed by atoms with van der Waals surface area (Å²) >= 11 is 0. The van der Waals surface area contributed by atoms with E-state index in [0.29, 0.717) is 0 Å². The standard InChI is InChI=1S/C5H10N2O3S/c1-11(7,10)3-2-4(6)5(8)9/h6-7H,2-3H2,1H3,(H,8,9). The van der Waals surface area contributed by atoms with Crippen molar-refractivity contribution in [1.82, 2.24) is 0 Å². The third-order valence-electron chi connectivity index (χ3n) is 1.000. The first kappa shape index (κ1) is 10.1. The Morgan fingerprint density at radius 1 is 1.64 bits per heavy atom. The molecular weight excluding hydrogens is 168 g/mol. The minimum absolute atomic E-state index is 0.0574. The summed E-state index contributed by atoms with van der Waals surface area (Å²) < 4.78 is 17.6. The van der Waals surface area contributed by atoms with Crippen LogP contribution in [0.1, 0.15) is 6.42 Å². The van der Waals surface area contributed by atoms with Gasteiger partial charge >= 0.3 is 5.97 Å². The van der Waals surface area contributed by atoms with Crippen LogP contribution < -0.4 is 0 Å². The number of carboxylic acids is 1. The van der Waals surface area contributed by atoms with Gasteiger partial charge in [-0.15, -0.1) is 0 Å². The lowest BCUT2D eigenvalue weighted by Crippen LogP contribution is -2.15. The molecule has 0 aromatic rings. The van der Waals surface area contributed by atoms with Gasteiger partial charge in [0.1, 0.15) is 5.71 Å². The Morgan fingerprint density at radius 2 is 2.09 bits per heavy atom. The molecular formula is C5H10N2O3S. The average molecular weight is 178 g/mol. The smallest absolute Gasteiger partial charge is 0.349 e. The van der Waals surface area contributed by atoms with Crippen LogP contribution in [0.5, 0.6) is 0 Å². The second-order valence-corrected chi connectivity index (χ2v) is 4.66. The fraction of sp³-hybridized carbons (Fsp3) is 0.600. The van der Waals surface area contributed by atoms with Gasteiger partial charge in [-0.1, -0.05) is 0 Å². The van der Waals surface area contributed by atoms with E-state index in [0.717, 1.165) is 0 Å². The van der Waals surface area contributed by atoms with E-state index >= 15 is 0 Å². The van der Waals surface area contributed by atoms with E-state index in [1.54, 1.807) is 0 Å². The molecule has 1 unspecified atom stereocenters. The highest BCUT2D eigenvalue weighted by atomic mass is 32.2. The van der Waals surface area contributed by atoms with E-state index in [9.17, 15) is 9.00 Å². The lowest BCUT2D eigenvalue weighted by molar-refractivity contribution is -0.129. The molecule has 0 rings (SSSR count). The molecule has 0 fully saturated rings. The van der Waals surface area contributed by atoms with Crippen molar-refractivity contribution in [3.8, 4) is 0 Å². The first-order valence-electron chi connectivity index (χ1n) is 2.85. The van der Waals surface area contributed by atoms with Crippen molar-refractivity contribution >= 4 is 21.4 Å². The Kier molecular flexibility index (Phi) is 3.18. The number of carboxylic acid groups (broad SMARTS) is 1. The van der Waals surface area contributed by atoms with Crippen LogP contribution in [0.25, 0.3) is 0 Å². The van der Waals surface area contributed by atoms with E-state index in [4.69, 9.17) is 15.3 Å². The molecule has 64 valence electrons. The lowest BCUT2D eigenvalue weighted by Gasteiger charge is -1.98. The second kappa shape index (κ2) is 3.47. The summed E-state index contributed by atoms with van der Waals surface area (Å²) in [7, 11) is -2.66. The lowest BCUT2D eigenvalue weighted by atomic mass is 10.3. The Balaban J connectivity index is 3.92. The van der Waals surface area contributed by atoms with Gasteiger partial charge in [0.05, 0.1) is 0 Å². The zero-order chi connectivity index (χ0) is 9.07. The minimum Gasteiger partial charge on any atom is -0.477 e. The van der Waals surface area contributed by atoms with Gasteiger partial charge in [-0.25, -0.2) is 4.79 Å². The van der Waals surface area contributed by atoms with Crippen LogP contribution in [-0.4, -0.2) is 33.0 Å². The summed E-state index contributed by atoms with van der Waals surface area (Å²) in [5, 5.41) is 15.0. The van der Waals surface area contributed by atoms with Crippen molar-refractivity contribution in [2.24, 2.45) is 0 Å². The van der Waals surface area contributed by atoms with Crippen LogP contribution >= 0.6 is 0 Å². The number of aliphatic carboxylic acids is 1. The minimum atomic E-state index is -2.66. The van der Waals surface area contributed by atoms with Gasteiger partial charge < -0.3 is 5.11 Å². The molecule has 0 spiro atoms. The third kappa shape index (κ3) is 5.53. The topological polar surface area (TPSA) is 102 Å². The molecule has 1 atom stereocenters. The third-order valence-corrected chi connectivity index (χ3v) is 1.98. The largest absolute Gasteiger partial charge is 0.477 e. The molecule has 5 nitrogen and oxygen atoms in total. The summed E-state index contributed by atoms with van der Waals surface area (Å²) in [5.74, 6) is -1.37. The highest BCUT2D eigenvalue weighted by molar-refractivity contribution is 7.91. The fourth-order valence-electron chi connectivity index (χ4n) is 0.404. The summed E-state index contributed by atoms with van der Waals surface area (Å²) in [4.78, 5) is 10.0. The van der Waals surface area contributed by atoms with Gasteiger partial charge in [0.2, 0.25) is 0 Å². The molecule has 0 aliphatic carbocycles. The molecule has 0 heterocycles. The van der Waals surface area contributed by atoms with E-state index < -0.39 is 21.4 Å². The van der Waals surface area contributed by atoms with Crippen molar-refractivity contribution in [2.45, 2.75) is 6.42 Å². The van der Waals surface area contributed by atoms with Gasteiger partial charge in [0.25, 0.3) is 0 Å². The highest BCUT2D eigenvalue weighted by Crippen LogP contribution is 1.91. The number of hydrogen-bond donors (Lipinski definition) is 3. The molecule has 0 saturated heterocycles. The maximum atomic E-state index is 10.7. The van der Waals surface area contributed by atoms with Crippen LogP contribution in [0.15, 0.2) is 0 Å². The Morgan fingerprint density at radius 3 is 2.36 bits per heavy atom. The Labute approximate surface area is 64.9 Å². The van der Waals surface area contributed by atoms with Crippen LogP contribution in [0, 0.1) is 10.2 Å². The molecule has 6 heteroatoms. The summed E-state index contributed by atoms with van der Waals surface area (Å²) in [5.41, 5.74) is -0.494. The van der Waals surface area contributed by atoms with Crippen molar-refractivity contribution < 1.29 is 14.1 Å². The SMILES string of the molecule is CS(=N)(=O)CCC(=N)C(=O)O. The maximum absolute atomic E-state index is 10.7. The second-order valence-electron chi connectivity index (χ2n) is 2.24. The van der Waals surface area contributed by atoms with Crippen LogP contribution in [0.2, 0.25) is 0 Å². The molecule has 0 bridgehead atoms. The van der Waals surface area contributed by atoms with Gasteiger partial charge in [-0.2, -0.15) is 0 Å². The molecule has 0 aromatic heterocycles. The zero-order valence-electron chi connectivity index (χ0n) is 6.09. The normalized spacial score (nSPS) is 15.4. The van der Waals surface area contributed by atoms with Crippen LogP contribution in [0.3, 0.4) is 0 Å². The predicted molar refractivity (Wildman–Crippen MR) is 41.6 cm³/mol. The summed E-state index contributed by atoms with van der Waals surface area (Å²) in [6.45, 7) is 0. The predicted octanol–water partition coefficient (Wildman–Crippen LogP) is 0.157. The van der Waals surface area contributed by atoms with Crippen molar-refractivity contribution in [2.75, 3.05) is 12.0 Å². The Hall–Kier alpha value is -0.910. The first-order chi connectivity index (χ1) is 4.83. The molecule has 0 amide bonds. The molecule has 0 aliphatic rings. The number of hydrogen-bond acceptors (Lipinski definition) is 4. The average Bonchev–Trinajstić information content (AvgIpc) is 1.80. The van der Waals surface area contributed by atoms with E-state index in [1.165, 1.54) is 6.26 Å². The van der Waals surface area contributed by atoms with Gasteiger partial charge in [0, 0.05) is 28.2 Å². The molecule has 0 aliphatic heterocycles. The van der Waals surface area contributed by atoms with Gasteiger partial charge in [-0.05, 0) is 0 Å². The monoisotopic (exact) mass is 178 g/mol. The Bertz CT molecular complexity index is 267. The van der Waals surface area contributed by atoms with Crippen molar-refractivity contribution in [3.05, 3.63) is 0 Å². The van der Waals surface area contributed by atoms with E-state index in [-0.39, 0.29) is 12.2 Å². The number of rotatable bonds is 4. The highest BCUT2D eigenvalue weighted by Gasteiger charge is 2.08. The van der Waals surface area contributed by atoms with Crippen LogP contribution in [-0.2, 0) is 14.5 Å². The van der Waals surface area contributed by atoms with E-state index in [2.05, 4.69) is 0 Å². The summed E-state index contributed by atoms with van der Waals surface area (Å²) in [6, 6.07) is 0. The van der Waals surface area contributed by atoms with Crippen LogP contribution in [0.4, 0.5) is 0 Å². The zero-order valence-corrected chi connectivity index (χ0v) is 6.90. The maximum Gasteiger partial charge on any atom is 0.349 e.